The molecular weight excluding hydrogens is 250 g/mol. The molecule has 0 radical (unpaired) electrons. The van der Waals surface area contributed by atoms with Gasteiger partial charge in [-0.1, -0.05) is 26.0 Å². The number of nitrogens with zero attached hydrogens (tertiary/aromatic N) is 2. The van der Waals surface area contributed by atoms with Crippen molar-refractivity contribution in [2.24, 2.45) is 11.7 Å². The minimum atomic E-state index is -0.420. The first-order valence-electron chi connectivity index (χ1n) is 7.17. The molecule has 0 spiro atoms. The first-order chi connectivity index (χ1) is 9.36. The minimum Gasteiger partial charge on any atom is -0.378 e. The molecule has 1 atom stereocenters. The van der Waals surface area contributed by atoms with Crippen LogP contribution >= 0.6 is 0 Å². The van der Waals surface area contributed by atoms with Crippen LogP contribution in [0.5, 0.6) is 0 Å². The Morgan fingerprint density at radius 1 is 1.20 bits per heavy atom. The summed E-state index contributed by atoms with van der Waals surface area (Å²) in [5.41, 5.74) is 8.24. The summed E-state index contributed by atoms with van der Waals surface area (Å²) in [4.78, 5) is 16.2. The Balaban J connectivity index is 2.75. The number of hydrogen-bond acceptors (Lipinski definition) is 3. The van der Waals surface area contributed by atoms with E-state index in [-0.39, 0.29) is 11.8 Å². The van der Waals surface area contributed by atoms with Gasteiger partial charge in [-0.05, 0) is 30.5 Å². The molecule has 0 unspecified atom stereocenters. The SMILES string of the molecule is CCN(Cc1ccc(N(C)C)cc1)C(=O)[C@H](N)C(C)C. The molecule has 20 heavy (non-hydrogen) atoms. The van der Waals surface area contributed by atoms with Crippen LogP contribution in [0.4, 0.5) is 5.69 Å². The van der Waals surface area contributed by atoms with Crippen LogP contribution < -0.4 is 10.6 Å². The van der Waals surface area contributed by atoms with E-state index in [1.54, 1.807) is 0 Å². The Hall–Kier alpha value is -1.55. The number of likely N-dealkylation sites (N-methyl/N-ethyl adjacent to an activating group) is 1. The van der Waals surface area contributed by atoms with Crippen molar-refractivity contribution < 1.29 is 4.79 Å². The predicted octanol–water partition coefficient (Wildman–Crippen LogP) is 2.08. The maximum absolute atomic E-state index is 12.3. The van der Waals surface area contributed by atoms with Crippen molar-refractivity contribution in [1.82, 2.24) is 4.90 Å². The van der Waals surface area contributed by atoms with Crippen LogP contribution in [0.2, 0.25) is 0 Å². The van der Waals surface area contributed by atoms with E-state index in [0.717, 1.165) is 11.3 Å². The van der Waals surface area contributed by atoms with E-state index in [4.69, 9.17) is 5.73 Å². The van der Waals surface area contributed by atoms with Gasteiger partial charge in [-0.15, -0.1) is 0 Å². The maximum atomic E-state index is 12.3. The van der Waals surface area contributed by atoms with Crippen molar-refractivity contribution in [1.29, 1.82) is 0 Å². The number of nitrogens with two attached hydrogens (primary N) is 1. The summed E-state index contributed by atoms with van der Waals surface area (Å²) in [7, 11) is 4.02. The first kappa shape index (κ1) is 16.5. The minimum absolute atomic E-state index is 0.0270. The highest BCUT2D eigenvalue weighted by atomic mass is 16.2. The average molecular weight is 277 g/mol. The predicted molar refractivity (Wildman–Crippen MR) is 84.7 cm³/mol. The van der Waals surface area contributed by atoms with Gasteiger partial charge in [0.15, 0.2) is 0 Å². The fraction of sp³-hybridized carbons (Fsp3) is 0.562. The van der Waals surface area contributed by atoms with Gasteiger partial charge in [-0.2, -0.15) is 0 Å². The molecule has 0 saturated heterocycles. The standard InChI is InChI=1S/C16H27N3O/c1-6-19(16(20)15(17)12(2)3)11-13-7-9-14(10-8-13)18(4)5/h7-10,12,15H,6,11,17H2,1-5H3/t15-/m1/s1. The Morgan fingerprint density at radius 3 is 2.15 bits per heavy atom. The second-order valence-electron chi connectivity index (χ2n) is 5.68. The zero-order valence-electron chi connectivity index (χ0n) is 13.3. The monoisotopic (exact) mass is 277 g/mol. The third-order valence-electron chi connectivity index (χ3n) is 3.52. The van der Waals surface area contributed by atoms with Gasteiger partial charge in [0.25, 0.3) is 0 Å². The Kier molecular flexibility index (Phi) is 6.02. The number of carbonyl (C=O) groups is 1. The summed E-state index contributed by atoms with van der Waals surface area (Å²) in [6, 6.07) is 7.83. The third-order valence-corrected chi connectivity index (χ3v) is 3.52. The summed E-state index contributed by atoms with van der Waals surface area (Å²) in [6.07, 6.45) is 0. The van der Waals surface area contributed by atoms with Crippen molar-refractivity contribution in [2.45, 2.75) is 33.4 Å². The molecule has 0 aromatic heterocycles. The largest absolute Gasteiger partial charge is 0.378 e. The fourth-order valence-electron chi connectivity index (χ4n) is 1.96. The third kappa shape index (κ3) is 4.23. The second-order valence-corrected chi connectivity index (χ2v) is 5.68. The average Bonchev–Trinajstić information content (AvgIpc) is 2.43. The van der Waals surface area contributed by atoms with Crippen molar-refractivity contribution >= 4 is 11.6 Å². The van der Waals surface area contributed by atoms with Gasteiger partial charge in [-0.3, -0.25) is 4.79 Å². The number of rotatable bonds is 6. The maximum Gasteiger partial charge on any atom is 0.240 e. The fourth-order valence-corrected chi connectivity index (χ4v) is 1.96. The van der Waals surface area contributed by atoms with E-state index >= 15 is 0 Å². The van der Waals surface area contributed by atoms with E-state index in [9.17, 15) is 4.79 Å². The number of benzene rings is 1. The Labute approximate surface area is 122 Å². The molecule has 4 nitrogen and oxygen atoms in total. The summed E-state index contributed by atoms with van der Waals surface area (Å²) in [5.74, 6) is 0.187. The zero-order valence-corrected chi connectivity index (χ0v) is 13.3. The van der Waals surface area contributed by atoms with E-state index in [2.05, 4.69) is 29.2 Å². The van der Waals surface area contributed by atoms with Gasteiger partial charge in [-0.25, -0.2) is 0 Å². The molecule has 0 aliphatic carbocycles. The lowest BCUT2D eigenvalue weighted by Crippen LogP contribution is -2.46. The molecule has 0 aliphatic rings. The van der Waals surface area contributed by atoms with Crippen molar-refractivity contribution in [3.05, 3.63) is 29.8 Å². The van der Waals surface area contributed by atoms with Crippen molar-refractivity contribution in [2.75, 3.05) is 25.5 Å². The molecule has 112 valence electrons. The number of carbonyl (C=O) groups excluding carboxylic acids is 1. The van der Waals surface area contributed by atoms with Crippen LogP contribution in [0.25, 0.3) is 0 Å². The molecule has 2 N–H and O–H groups in total. The Bertz CT molecular complexity index is 426. The van der Waals surface area contributed by atoms with E-state index in [1.807, 2.05) is 39.8 Å². The van der Waals surface area contributed by atoms with E-state index in [0.29, 0.717) is 13.1 Å². The van der Waals surface area contributed by atoms with Gasteiger partial charge in [0.1, 0.15) is 0 Å². The smallest absolute Gasteiger partial charge is 0.240 e. The summed E-state index contributed by atoms with van der Waals surface area (Å²) >= 11 is 0. The highest BCUT2D eigenvalue weighted by molar-refractivity contribution is 5.81. The normalized spacial score (nSPS) is 12.3. The highest BCUT2D eigenvalue weighted by Gasteiger charge is 2.22. The summed E-state index contributed by atoms with van der Waals surface area (Å²) in [5, 5.41) is 0. The lowest BCUT2D eigenvalue weighted by Gasteiger charge is -2.26. The molecule has 1 amide bonds. The quantitative estimate of drug-likeness (QED) is 0.866. The van der Waals surface area contributed by atoms with Gasteiger partial charge in [0, 0.05) is 32.9 Å². The highest BCUT2D eigenvalue weighted by Crippen LogP contribution is 2.14. The Morgan fingerprint density at radius 2 is 1.75 bits per heavy atom. The van der Waals surface area contributed by atoms with Gasteiger partial charge >= 0.3 is 0 Å². The molecule has 0 saturated carbocycles. The van der Waals surface area contributed by atoms with Gasteiger partial charge in [0.05, 0.1) is 6.04 Å². The van der Waals surface area contributed by atoms with Crippen molar-refractivity contribution in [3.63, 3.8) is 0 Å². The topological polar surface area (TPSA) is 49.6 Å². The van der Waals surface area contributed by atoms with Crippen LogP contribution in [0.1, 0.15) is 26.3 Å². The van der Waals surface area contributed by atoms with Crippen LogP contribution in [-0.2, 0) is 11.3 Å². The number of amides is 1. The van der Waals surface area contributed by atoms with E-state index in [1.165, 1.54) is 0 Å². The summed E-state index contributed by atoms with van der Waals surface area (Å²) in [6.45, 7) is 7.22. The van der Waals surface area contributed by atoms with Crippen LogP contribution in [-0.4, -0.2) is 37.5 Å². The lowest BCUT2D eigenvalue weighted by atomic mass is 10.0. The molecular formula is C16H27N3O. The van der Waals surface area contributed by atoms with E-state index < -0.39 is 6.04 Å². The lowest BCUT2D eigenvalue weighted by molar-refractivity contribution is -0.134. The molecule has 4 heteroatoms. The first-order valence-corrected chi connectivity index (χ1v) is 7.17. The second kappa shape index (κ2) is 7.29. The number of anilines is 1. The molecule has 1 aromatic rings. The van der Waals surface area contributed by atoms with Crippen molar-refractivity contribution in [3.8, 4) is 0 Å². The molecule has 0 fully saturated rings. The molecule has 0 bridgehead atoms. The molecule has 0 heterocycles. The molecule has 1 rings (SSSR count). The summed E-state index contributed by atoms with van der Waals surface area (Å²) < 4.78 is 0. The van der Waals surface area contributed by atoms with Crippen LogP contribution in [0.15, 0.2) is 24.3 Å². The zero-order chi connectivity index (χ0) is 15.3. The number of hydrogen-bond donors (Lipinski definition) is 1. The molecule has 1 aromatic carbocycles. The van der Waals surface area contributed by atoms with Crippen LogP contribution in [0, 0.1) is 5.92 Å². The van der Waals surface area contributed by atoms with Crippen LogP contribution in [0.3, 0.4) is 0 Å². The van der Waals surface area contributed by atoms with Gasteiger partial charge < -0.3 is 15.5 Å². The molecule has 0 aliphatic heterocycles. The van der Waals surface area contributed by atoms with Gasteiger partial charge in [0.2, 0.25) is 5.91 Å².